The second-order valence-corrected chi connectivity index (χ2v) is 3.19. The summed E-state index contributed by atoms with van der Waals surface area (Å²) in [5, 5.41) is 8.63. The fraction of sp³-hybridized carbons (Fsp3) is 0.200. The van der Waals surface area contributed by atoms with Crippen LogP contribution in [0.2, 0.25) is 0 Å². The van der Waals surface area contributed by atoms with Crippen LogP contribution in [0.3, 0.4) is 0 Å². The summed E-state index contributed by atoms with van der Waals surface area (Å²) in [6.45, 7) is 0. The second-order valence-electron chi connectivity index (χ2n) is 3.19. The number of rotatable bonds is 3. The smallest absolute Gasteiger partial charge is 0.313 e. The van der Waals surface area contributed by atoms with Gasteiger partial charge in [0.05, 0.1) is 6.42 Å². The van der Waals surface area contributed by atoms with Crippen LogP contribution < -0.4 is 0 Å². The standard InChI is InChI=1S/C10H7F2NO3/c11-9(12)10-13-6-3-1-2-5(4-7(14)15)8(6)16-10/h1-3,9H,4H2,(H,14,15). The van der Waals surface area contributed by atoms with Crippen molar-refractivity contribution in [2.24, 2.45) is 0 Å². The van der Waals surface area contributed by atoms with Gasteiger partial charge in [-0.1, -0.05) is 12.1 Å². The lowest BCUT2D eigenvalue weighted by molar-refractivity contribution is -0.136. The van der Waals surface area contributed by atoms with Gasteiger partial charge in [0, 0.05) is 5.56 Å². The van der Waals surface area contributed by atoms with Crippen LogP contribution in [0.15, 0.2) is 22.6 Å². The molecule has 0 atom stereocenters. The minimum absolute atomic E-state index is 0.111. The van der Waals surface area contributed by atoms with Crippen molar-refractivity contribution in [3.05, 3.63) is 29.7 Å². The van der Waals surface area contributed by atoms with Gasteiger partial charge >= 0.3 is 12.4 Å². The summed E-state index contributed by atoms with van der Waals surface area (Å²) in [6, 6.07) is 4.56. The number of carboxylic acid groups (broad SMARTS) is 1. The highest BCUT2D eigenvalue weighted by molar-refractivity contribution is 5.81. The van der Waals surface area contributed by atoms with Crippen molar-refractivity contribution in [1.82, 2.24) is 4.98 Å². The number of carboxylic acids is 1. The Morgan fingerprint density at radius 2 is 2.25 bits per heavy atom. The summed E-state index contributed by atoms with van der Waals surface area (Å²) < 4.78 is 29.5. The first kappa shape index (κ1) is 10.5. The molecule has 2 rings (SSSR count). The Labute approximate surface area is 88.5 Å². The molecule has 16 heavy (non-hydrogen) atoms. The van der Waals surface area contributed by atoms with E-state index < -0.39 is 18.3 Å². The van der Waals surface area contributed by atoms with Gasteiger partial charge in [0.2, 0.25) is 0 Å². The number of para-hydroxylation sites is 1. The first-order valence-electron chi connectivity index (χ1n) is 4.46. The summed E-state index contributed by atoms with van der Waals surface area (Å²) in [6.07, 6.45) is -3.08. The minimum Gasteiger partial charge on any atom is -0.481 e. The van der Waals surface area contributed by atoms with Crippen molar-refractivity contribution in [2.75, 3.05) is 0 Å². The van der Waals surface area contributed by atoms with E-state index in [0.717, 1.165) is 0 Å². The fourth-order valence-corrected chi connectivity index (χ4v) is 1.42. The maximum atomic E-state index is 12.3. The third-order valence-corrected chi connectivity index (χ3v) is 2.04. The third-order valence-electron chi connectivity index (χ3n) is 2.04. The van der Waals surface area contributed by atoms with E-state index in [9.17, 15) is 13.6 Å². The monoisotopic (exact) mass is 227 g/mol. The van der Waals surface area contributed by atoms with Gasteiger partial charge in [0.1, 0.15) is 5.52 Å². The van der Waals surface area contributed by atoms with Gasteiger partial charge in [0.25, 0.3) is 5.89 Å². The molecular weight excluding hydrogens is 220 g/mol. The molecule has 2 aromatic rings. The van der Waals surface area contributed by atoms with E-state index in [-0.39, 0.29) is 17.5 Å². The number of aliphatic carboxylic acids is 1. The second kappa shape index (κ2) is 3.88. The lowest BCUT2D eigenvalue weighted by Gasteiger charge is -1.96. The van der Waals surface area contributed by atoms with Crippen LogP contribution in [0.1, 0.15) is 17.9 Å². The number of benzene rings is 1. The number of oxazole rings is 1. The lowest BCUT2D eigenvalue weighted by Crippen LogP contribution is -1.99. The molecule has 0 fully saturated rings. The molecule has 0 spiro atoms. The average Bonchev–Trinajstić information content (AvgIpc) is 2.61. The van der Waals surface area contributed by atoms with Gasteiger partial charge in [-0.2, -0.15) is 8.78 Å². The van der Waals surface area contributed by atoms with E-state index in [1.54, 1.807) is 6.07 Å². The number of alkyl halides is 2. The van der Waals surface area contributed by atoms with E-state index in [1.807, 2.05) is 0 Å². The average molecular weight is 227 g/mol. The lowest BCUT2D eigenvalue weighted by atomic mass is 10.1. The maximum Gasteiger partial charge on any atom is 0.313 e. The Morgan fingerprint density at radius 3 is 2.88 bits per heavy atom. The molecule has 84 valence electrons. The highest BCUT2D eigenvalue weighted by Crippen LogP contribution is 2.25. The van der Waals surface area contributed by atoms with Crippen LogP contribution in [0.4, 0.5) is 8.78 Å². The molecule has 0 radical (unpaired) electrons. The van der Waals surface area contributed by atoms with Crippen molar-refractivity contribution >= 4 is 17.1 Å². The molecule has 6 heteroatoms. The molecule has 0 aliphatic carbocycles. The van der Waals surface area contributed by atoms with Crippen molar-refractivity contribution in [3.63, 3.8) is 0 Å². The molecule has 0 unspecified atom stereocenters. The van der Waals surface area contributed by atoms with Crippen LogP contribution in [0, 0.1) is 0 Å². The van der Waals surface area contributed by atoms with E-state index in [2.05, 4.69) is 4.98 Å². The molecule has 0 saturated heterocycles. The Hall–Kier alpha value is -1.98. The van der Waals surface area contributed by atoms with Crippen molar-refractivity contribution in [1.29, 1.82) is 0 Å². The largest absolute Gasteiger partial charge is 0.481 e. The molecular formula is C10H7F2NO3. The number of halogens is 2. The molecule has 1 heterocycles. The van der Waals surface area contributed by atoms with Crippen molar-refractivity contribution < 1.29 is 23.1 Å². The summed E-state index contributed by atoms with van der Waals surface area (Å²) in [4.78, 5) is 14.1. The zero-order valence-electron chi connectivity index (χ0n) is 7.98. The molecule has 4 nitrogen and oxygen atoms in total. The molecule has 0 aliphatic heterocycles. The SMILES string of the molecule is O=C(O)Cc1cccc2nc(C(F)F)oc12. The normalized spacial score (nSPS) is 11.2. The predicted molar refractivity (Wildman–Crippen MR) is 50.3 cm³/mol. The fourth-order valence-electron chi connectivity index (χ4n) is 1.42. The summed E-state index contributed by atoms with van der Waals surface area (Å²) >= 11 is 0. The van der Waals surface area contributed by atoms with E-state index in [1.165, 1.54) is 12.1 Å². The molecule has 0 aliphatic rings. The molecule has 1 aromatic carbocycles. The third kappa shape index (κ3) is 1.86. The van der Waals surface area contributed by atoms with Gasteiger partial charge in [-0.3, -0.25) is 4.79 Å². The summed E-state index contributed by atoms with van der Waals surface area (Å²) in [5.74, 6) is -1.74. The van der Waals surface area contributed by atoms with Crippen molar-refractivity contribution in [3.8, 4) is 0 Å². The van der Waals surface area contributed by atoms with Gasteiger partial charge in [-0.25, -0.2) is 4.98 Å². The van der Waals surface area contributed by atoms with E-state index >= 15 is 0 Å². The van der Waals surface area contributed by atoms with Gasteiger partial charge in [0.15, 0.2) is 5.58 Å². The first-order chi connectivity index (χ1) is 7.58. The van der Waals surface area contributed by atoms with Gasteiger partial charge in [-0.05, 0) is 6.07 Å². The van der Waals surface area contributed by atoms with Crippen LogP contribution in [0.5, 0.6) is 0 Å². The number of carbonyl (C=O) groups is 1. The Morgan fingerprint density at radius 1 is 1.50 bits per heavy atom. The van der Waals surface area contributed by atoms with E-state index in [0.29, 0.717) is 5.56 Å². The summed E-state index contributed by atoms with van der Waals surface area (Å²) in [5.41, 5.74) is 0.693. The van der Waals surface area contributed by atoms with Gasteiger partial charge in [-0.15, -0.1) is 0 Å². The Balaban J connectivity index is 2.54. The van der Waals surface area contributed by atoms with Crippen LogP contribution in [0.25, 0.3) is 11.1 Å². The topological polar surface area (TPSA) is 63.3 Å². The molecule has 0 saturated carbocycles. The predicted octanol–water partition coefficient (Wildman–Crippen LogP) is 2.39. The zero-order valence-corrected chi connectivity index (χ0v) is 7.98. The van der Waals surface area contributed by atoms with Crippen LogP contribution in [-0.2, 0) is 11.2 Å². The highest BCUT2D eigenvalue weighted by atomic mass is 19.3. The Bertz CT molecular complexity index is 536. The van der Waals surface area contributed by atoms with Crippen molar-refractivity contribution in [2.45, 2.75) is 12.8 Å². The molecule has 0 amide bonds. The summed E-state index contributed by atoms with van der Waals surface area (Å²) in [7, 11) is 0. The molecule has 1 aromatic heterocycles. The van der Waals surface area contributed by atoms with Gasteiger partial charge < -0.3 is 9.52 Å². The molecule has 1 N–H and O–H groups in total. The molecule has 0 bridgehead atoms. The van der Waals surface area contributed by atoms with Crippen LogP contribution >= 0.6 is 0 Å². The number of nitrogens with zero attached hydrogens (tertiary/aromatic N) is 1. The first-order valence-corrected chi connectivity index (χ1v) is 4.46. The number of hydrogen-bond donors (Lipinski definition) is 1. The maximum absolute atomic E-state index is 12.3. The van der Waals surface area contributed by atoms with E-state index in [4.69, 9.17) is 9.52 Å². The number of fused-ring (bicyclic) bond motifs is 1. The number of aromatic nitrogens is 1. The highest BCUT2D eigenvalue weighted by Gasteiger charge is 2.17. The van der Waals surface area contributed by atoms with Crippen LogP contribution in [-0.4, -0.2) is 16.1 Å². The number of hydrogen-bond acceptors (Lipinski definition) is 3. The zero-order chi connectivity index (χ0) is 11.7. The Kier molecular flexibility index (Phi) is 2.55. The quantitative estimate of drug-likeness (QED) is 0.874. The minimum atomic E-state index is -2.80.